The summed E-state index contributed by atoms with van der Waals surface area (Å²) in [5.74, 6) is 1.70. The molecule has 30 heavy (non-hydrogen) atoms. The Balaban J connectivity index is 0.00000320. The molecule has 2 aromatic rings. The van der Waals surface area contributed by atoms with Crippen LogP contribution in [0.15, 0.2) is 53.5 Å². The number of halogens is 1. The lowest BCUT2D eigenvalue weighted by molar-refractivity contribution is 0.0341. The van der Waals surface area contributed by atoms with Crippen LogP contribution in [0.1, 0.15) is 16.7 Å². The van der Waals surface area contributed by atoms with Gasteiger partial charge in [0.05, 0.1) is 20.3 Å². The van der Waals surface area contributed by atoms with Gasteiger partial charge in [0.15, 0.2) is 5.96 Å². The predicted molar refractivity (Wildman–Crippen MR) is 133 cm³/mol. The van der Waals surface area contributed by atoms with Crippen molar-refractivity contribution in [2.75, 3.05) is 47.0 Å². The molecule has 164 valence electrons. The summed E-state index contributed by atoms with van der Waals surface area (Å²) in [5, 5.41) is 6.84. The largest absolute Gasteiger partial charge is 0.497 e. The van der Waals surface area contributed by atoms with E-state index < -0.39 is 0 Å². The Bertz CT molecular complexity index is 794. The monoisotopic (exact) mass is 524 g/mol. The van der Waals surface area contributed by atoms with Crippen LogP contribution in [0.3, 0.4) is 0 Å². The zero-order chi connectivity index (χ0) is 20.3. The van der Waals surface area contributed by atoms with E-state index in [2.05, 4.69) is 56.9 Å². The van der Waals surface area contributed by atoms with E-state index in [4.69, 9.17) is 9.47 Å². The number of nitrogens with zero attached hydrogens (tertiary/aromatic N) is 2. The molecule has 1 aliphatic heterocycles. The van der Waals surface area contributed by atoms with Gasteiger partial charge in [0.2, 0.25) is 0 Å². The molecule has 1 saturated heterocycles. The third-order valence-electron chi connectivity index (χ3n) is 5.13. The number of aliphatic imine (C=N–C) groups is 1. The van der Waals surface area contributed by atoms with Crippen molar-refractivity contribution in [3.8, 4) is 5.75 Å². The minimum atomic E-state index is 0. The number of benzene rings is 2. The molecular weight excluding hydrogens is 491 g/mol. The van der Waals surface area contributed by atoms with Crippen LogP contribution in [0.5, 0.6) is 5.75 Å². The second-order valence-electron chi connectivity index (χ2n) is 7.11. The summed E-state index contributed by atoms with van der Waals surface area (Å²) >= 11 is 0. The lowest BCUT2D eigenvalue weighted by Gasteiger charge is -2.27. The molecule has 0 spiro atoms. The van der Waals surface area contributed by atoms with E-state index in [0.717, 1.165) is 64.1 Å². The Kier molecular flexibility index (Phi) is 11.0. The molecule has 7 heteroatoms. The van der Waals surface area contributed by atoms with Crippen LogP contribution in [0.4, 0.5) is 0 Å². The lowest BCUT2D eigenvalue weighted by atomic mass is 10.1. The first-order valence-electron chi connectivity index (χ1n) is 10.2. The summed E-state index contributed by atoms with van der Waals surface area (Å²) < 4.78 is 10.7. The molecule has 1 fully saturated rings. The number of nitrogens with one attached hydrogen (secondary N) is 2. The van der Waals surface area contributed by atoms with Gasteiger partial charge in [-0.25, -0.2) is 0 Å². The topological polar surface area (TPSA) is 58.1 Å². The van der Waals surface area contributed by atoms with Crippen molar-refractivity contribution in [2.45, 2.75) is 19.5 Å². The van der Waals surface area contributed by atoms with E-state index in [-0.39, 0.29) is 24.0 Å². The molecule has 0 bridgehead atoms. The third-order valence-corrected chi connectivity index (χ3v) is 5.13. The summed E-state index contributed by atoms with van der Waals surface area (Å²) in [5.41, 5.74) is 3.90. The van der Waals surface area contributed by atoms with Gasteiger partial charge in [0.1, 0.15) is 5.75 Å². The molecule has 3 rings (SSSR count). The smallest absolute Gasteiger partial charge is 0.191 e. The Morgan fingerprint density at radius 1 is 1.07 bits per heavy atom. The van der Waals surface area contributed by atoms with Crippen molar-refractivity contribution < 1.29 is 9.47 Å². The van der Waals surface area contributed by atoms with Gasteiger partial charge < -0.3 is 20.1 Å². The Hall–Kier alpha value is -1.84. The zero-order valence-corrected chi connectivity index (χ0v) is 20.2. The fraction of sp³-hybridized carbons (Fsp3) is 0.435. The van der Waals surface area contributed by atoms with E-state index in [1.54, 1.807) is 14.2 Å². The summed E-state index contributed by atoms with van der Waals surface area (Å²) in [6.45, 7) is 6.16. The molecule has 2 N–H and O–H groups in total. The quantitative estimate of drug-likeness (QED) is 0.316. The third kappa shape index (κ3) is 7.77. The molecule has 0 saturated carbocycles. The SMILES string of the molecule is CN=C(NCCc1cccc(OC)c1)NCc1ccccc1CN1CCOCC1.I. The van der Waals surface area contributed by atoms with Gasteiger partial charge in [0, 0.05) is 39.8 Å². The van der Waals surface area contributed by atoms with Gasteiger partial charge >= 0.3 is 0 Å². The fourth-order valence-electron chi connectivity index (χ4n) is 3.44. The molecule has 0 radical (unpaired) electrons. The molecule has 1 aliphatic rings. The van der Waals surface area contributed by atoms with Crippen LogP contribution in [-0.2, 0) is 24.2 Å². The molecule has 0 unspecified atom stereocenters. The van der Waals surface area contributed by atoms with E-state index in [1.807, 2.05) is 12.1 Å². The van der Waals surface area contributed by atoms with Crippen LogP contribution in [-0.4, -0.2) is 57.9 Å². The molecule has 6 nitrogen and oxygen atoms in total. The van der Waals surface area contributed by atoms with Gasteiger partial charge in [-0.3, -0.25) is 9.89 Å². The first kappa shape index (κ1) is 24.4. The van der Waals surface area contributed by atoms with Crippen molar-refractivity contribution in [2.24, 2.45) is 4.99 Å². The highest BCUT2D eigenvalue weighted by Crippen LogP contribution is 2.14. The number of methoxy groups -OCH3 is 1. The number of morpholine rings is 1. The highest BCUT2D eigenvalue weighted by Gasteiger charge is 2.12. The first-order valence-corrected chi connectivity index (χ1v) is 10.2. The summed E-state index contributed by atoms with van der Waals surface area (Å²) in [6, 6.07) is 16.8. The predicted octanol–water partition coefficient (Wildman–Crippen LogP) is 3.05. The highest BCUT2D eigenvalue weighted by molar-refractivity contribution is 14.0. The molecule has 1 heterocycles. The van der Waals surface area contributed by atoms with Crippen molar-refractivity contribution in [1.82, 2.24) is 15.5 Å². The van der Waals surface area contributed by atoms with Crippen LogP contribution in [0.25, 0.3) is 0 Å². The molecular formula is C23H33IN4O2. The second-order valence-corrected chi connectivity index (χ2v) is 7.11. The zero-order valence-electron chi connectivity index (χ0n) is 17.9. The summed E-state index contributed by atoms with van der Waals surface area (Å²) in [4.78, 5) is 6.80. The maximum Gasteiger partial charge on any atom is 0.191 e. The van der Waals surface area contributed by atoms with Crippen molar-refractivity contribution in [3.05, 3.63) is 65.2 Å². The van der Waals surface area contributed by atoms with Gasteiger partial charge in [-0.15, -0.1) is 24.0 Å². The van der Waals surface area contributed by atoms with Gasteiger partial charge in [-0.2, -0.15) is 0 Å². The van der Waals surface area contributed by atoms with Crippen LogP contribution in [0.2, 0.25) is 0 Å². The molecule has 0 aliphatic carbocycles. The molecule has 2 aromatic carbocycles. The standard InChI is InChI=1S/C23H32N4O2.HI/c1-24-23(25-11-10-19-6-5-9-22(16-19)28-2)26-17-20-7-3-4-8-21(20)18-27-12-14-29-15-13-27;/h3-9,16H,10-15,17-18H2,1-2H3,(H2,24,25,26);1H. The number of hydrogen-bond donors (Lipinski definition) is 2. The molecule has 0 aromatic heterocycles. The van der Waals surface area contributed by atoms with Gasteiger partial charge in [-0.1, -0.05) is 36.4 Å². The summed E-state index contributed by atoms with van der Waals surface area (Å²) in [6.07, 6.45) is 0.908. The number of guanidine groups is 1. The Morgan fingerprint density at radius 2 is 1.83 bits per heavy atom. The number of hydrogen-bond acceptors (Lipinski definition) is 4. The van der Waals surface area contributed by atoms with Crippen molar-refractivity contribution in [1.29, 1.82) is 0 Å². The van der Waals surface area contributed by atoms with Crippen LogP contribution < -0.4 is 15.4 Å². The van der Waals surface area contributed by atoms with E-state index in [0.29, 0.717) is 0 Å². The first-order chi connectivity index (χ1) is 14.3. The van der Waals surface area contributed by atoms with E-state index in [1.165, 1.54) is 16.7 Å². The van der Waals surface area contributed by atoms with Gasteiger partial charge in [0.25, 0.3) is 0 Å². The Morgan fingerprint density at radius 3 is 2.57 bits per heavy atom. The minimum absolute atomic E-state index is 0. The average Bonchev–Trinajstić information content (AvgIpc) is 2.78. The van der Waals surface area contributed by atoms with Gasteiger partial charge in [-0.05, 0) is 35.2 Å². The normalized spacial score (nSPS) is 14.7. The molecule has 0 amide bonds. The number of rotatable bonds is 8. The Labute approximate surface area is 197 Å². The second kappa shape index (κ2) is 13.5. The van der Waals surface area contributed by atoms with Crippen molar-refractivity contribution >= 4 is 29.9 Å². The maximum atomic E-state index is 5.46. The maximum absolute atomic E-state index is 5.46. The lowest BCUT2D eigenvalue weighted by Crippen LogP contribution is -2.38. The van der Waals surface area contributed by atoms with Crippen LogP contribution >= 0.6 is 24.0 Å². The average molecular weight is 524 g/mol. The van der Waals surface area contributed by atoms with Crippen LogP contribution in [0, 0.1) is 0 Å². The van der Waals surface area contributed by atoms with E-state index in [9.17, 15) is 0 Å². The number of ether oxygens (including phenoxy) is 2. The molecule has 0 atom stereocenters. The van der Waals surface area contributed by atoms with Crippen molar-refractivity contribution in [3.63, 3.8) is 0 Å². The minimum Gasteiger partial charge on any atom is -0.497 e. The summed E-state index contributed by atoms with van der Waals surface area (Å²) in [7, 11) is 3.50. The highest BCUT2D eigenvalue weighted by atomic mass is 127. The van der Waals surface area contributed by atoms with E-state index >= 15 is 0 Å². The fourth-order valence-corrected chi connectivity index (χ4v) is 3.44.